The van der Waals surface area contributed by atoms with Crippen molar-refractivity contribution in [2.45, 2.75) is 39.2 Å². The number of nitrogens with one attached hydrogen (secondary N) is 1. The Labute approximate surface area is 227 Å². The highest BCUT2D eigenvalue weighted by atomic mass is 35.5. The van der Waals surface area contributed by atoms with Crippen molar-refractivity contribution < 1.29 is 19.1 Å². The molecule has 1 aliphatic rings. The van der Waals surface area contributed by atoms with Gasteiger partial charge in [-0.25, -0.2) is 4.79 Å². The van der Waals surface area contributed by atoms with Gasteiger partial charge in [0, 0.05) is 53.5 Å². The third kappa shape index (κ3) is 6.47. The topological polar surface area (TPSA) is 88.6 Å². The predicted octanol–water partition coefficient (Wildman–Crippen LogP) is 5.06. The van der Waals surface area contributed by atoms with E-state index in [1.54, 1.807) is 49.2 Å². The molecule has 1 N–H and O–H groups in total. The first-order chi connectivity index (χ1) is 18.4. The van der Waals surface area contributed by atoms with Crippen LogP contribution in [0.4, 0.5) is 0 Å². The summed E-state index contributed by atoms with van der Waals surface area (Å²) < 4.78 is 5.35. The summed E-state index contributed by atoms with van der Waals surface area (Å²) in [5.74, 6) is -1.15. The minimum Gasteiger partial charge on any atom is -0.463 e. The molecule has 2 heterocycles. The molecule has 38 heavy (non-hydrogen) atoms. The van der Waals surface area contributed by atoms with Gasteiger partial charge in [-0.3, -0.25) is 14.6 Å². The molecule has 2 aromatic carbocycles. The molecule has 3 aromatic rings. The van der Waals surface area contributed by atoms with Gasteiger partial charge in [0.25, 0.3) is 5.91 Å². The molecular weight excluding hydrogens is 502 g/mol. The van der Waals surface area contributed by atoms with Gasteiger partial charge in [-0.15, -0.1) is 0 Å². The highest BCUT2D eigenvalue weighted by Gasteiger charge is 2.37. The zero-order chi connectivity index (χ0) is 27.1. The van der Waals surface area contributed by atoms with Gasteiger partial charge >= 0.3 is 5.97 Å². The van der Waals surface area contributed by atoms with Gasteiger partial charge in [0.1, 0.15) is 0 Å². The number of hydrogen-bond acceptors (Lipinski definition) is 5. The summed E-state index contributed by atoms with van der Waals surface area (Å²) in [6.07, 6.45) is 2.50. The molecule has 0 radical (unpaired) electrons. The molecule has 0 saturated carbocycles. The highest BCUT2D eigenvalue weighted by Crippen LogP contribution is 2.38. The van der Waals surface area contributed by atoms with Crippen molar-refractivity contribution in [1.82, 2.24) is 15.2 Å². The van der Waals surface area contributed by atoms with Crippen LogP contribution in [0.5, 0.6) is 0 Å². The largest absolute Gasteiger partial charge is 0.463 e. The summed E-state index contributed by atoms with van der Waals surface area (Å²) >= 11 is 6.19. The first-order valence-electron chi connectivity index (χ1n) is 12.6. The van der Waals surface area contributed by atoms with Gasteiger partial charge in [0.2, 0.25) is 5.91 Å². The number of amides is 2. The molecule has 0 fully saturated rings. The Morgan fingerprint density at radius 1 is 1.11 bits per heavy atom. The number of carbonyl (C=O) groups excluding carboxylic acids is 3. The fraction of sp³-hybridized carbons (Fsp3) is 0.267. The van der Waals surface area contributed by atoms with Crippen molar-refractivity contribution in [3.05, 3.63) is 112 Å². The smallest absolute Gasteiger partial charge is 0.336 e. The highest BCUT2D eigenvalue weighted by molar-refractivity contribution is 6.30. The number of allylic oxidation sites excluding steroid dienone is 1. The summed E-state index contributed by atoms with van der Waals surface area (Å²) in [5, 5.41) is 3.45. The van der Waals surface area contributed by atoms with Crippen LogP contribution >= 0.6 is 11.6 Å². The molecular formula is C30H30ClN3O4. The number of esters is 1. The zero-order valence-corrected chi connectivity index (χ0v) is 22.2. The van der Waals surface area contributed by atoms with Crippen LogP contribution in [-0.4, -0.2) is 40.8 Å². The lowest BCUT2D eigenvalue weighted by molar-refractivity contribution is -0.140. The third-order valence-corrected chi connectivity index (χ3v) is 6.75. The molecule has 7 nitrogen and oxygen atoms in total. The fourth-order valence-corrected chi connectivity index (χ4v) is 4.78. The maximum atomic E-state index is 13.3. The lowest BCUT2D eigenvalue weighted by Gasteiger charge is -2.34. The molecule has 0 aliphatic carbocycles. The van der Waals surface area contributed by atoms with Crippen LogP contribution in [0, 0.1) is 0 Å². The van der Waals surface area contributed by atoms with Crippen molar-refractivity contribution in [2.24, 2.45) is 0 Å². The lowest BCUT2D eigenvalue weighted by atomic mass is 9.83. The summed E-state index contributed by atoms with van der Waals surface area (Å²) in [6.45, 7) is 4.51. The quantitative estimate of drug-likeness (QED) is 0.390. The SMILES string of the molecule is CCOC(=O)C1=C(C)N(Cc2ccc(C(=O)NCCc3ccccn3)cc2)C(=O)CC1c1cccc(Cl)c1. The van der Waals surface area contributed by atoms with Crippen molar-refractivity contribution in [3.8, 4) is 0 Å². The first kappa shape index (κ1) is 27.1. The lowest BCUT2D eigenvalue weighted by Crippen LogP contribution is -2.38. The summed E-state index contributed by atoms with van der Waals surface area (Å²) in [5.41, 5.74) is 4.09. The maximum Gasteiger partial charge on any atom is 0.336 e. The second kappa shape index (κ2) is 12.5. The van der Waals surface area contributed by atoms with Gasteiger partial charge in [-0.05, 0) is 61.4 Å². The van der Waals surface area contributed by atoms with E-state index in [4.69, 9.17) is 16.3 Å². The van der Waals surface area contributed by atoms with E-state index in [1.807, 2.05) is 42.5 Å². The molecule has 0 saturated heterocycles. The molecule has 1 unspecified atom stereocenters. The number of benzene rings is 2. The summed E-state index contributed by atoms with van der Waals surface area (Å²) in [7, 11) is 0. The number of pyridine rings is 1. The second-order valence-corrected chi connectivity index (χ2v) is 9.47. The third-order valence-electron chi connectivity index (χ3n) is 6.52. The number of rotatable bonds is 9. The predicted molar refractivity (Wildman–Crippen MR) is 145 cm³/mol. The molecule has 0 bridgehead atoms. The van der Waals surface area contributed by atoms with Crippen molar-refractivity contribution in [2.75, 3.05) is 13.2 Å². The van der Waals surface area contributed by atoms with Crippen LogP contribution in [-0.2, 0) is 27.3 Å². The summed E-state index contributed by atoms with van der Waals surface area (Å²) in [4.78, 5) is 44.6. The number of nitrogens with zero attached hydrogens (tertiary/aromatic N) is 2. The van der Waals surface area contributed by atoms with E-state index >= 15 is 0 Å². The van der Waals surface area contributed by atoms with Crippen molar-refractivity contribution in [3.63, 3.8) is 0 Å². The van der Waals surface area contributed by atoms with Gasteiger partial charge < -0.3 is 15.0 Å². The van der Waals surface area contributed by atoms with Crippen LogP contribution < -0.4 is 5.32 Å². The second-order valence-electron chi connectivity index (χ2n) is 9.04. The van der Waals surface area contributed by atoms with E-state index in [1.165, 1.54) is 0 Å². The molecule has 1 aliphatic heterocycles. The number of hydrogen-bond donors (Lipinski definition) is 1. The van der Waals surface area contributed by atoms with E-state index in [0.29, 0.717) is 34.8 Å². The Balaban J connectivity index is 1.48. The number of aromatic nitrogens is 1. The Morgan fingerprint density at radius 3 is 2.58 bits per heavy atom. The monoisotopic (exact) mass is 531 g/mol. The Kier molecular flexibility index (Phi) is 8.92. The van der Waals surface area contributed by atoms with E-state index < -0.39 is 11.9 Å². The molecule has 1 aromatic heterocycles. The van der Waals surface area contributed by atoms with Gasteiger partial charge in [0.05, 0.1) is 18.7 Å². The normalized spacial score (nSPS) is 15.4. The zero-order valence-electron chi connectivity index (χ0n) is 21.4. The average Bonchev–Trinajstić information content (AvgIpc) is 2.91. The van der Waals surface area contributed by atoms with E-state index in [0.717, 1.165) is 16.8 Å². The average molecular weight is 532 g/mol. The Bertz CT molecular complexity index is 1340. The maximum absolute atomic E-state index is 13.3. The van der Waals surface area contributed by atoms with E-state index in [-0.39, 0.29) is 31.4 Å². The van der Waals surface area contributed by atoms with E-state index in [9.17, 15) is 14.4 Å². The Hall–Kier alpha value is -3.97. The standard InChI is InChI=1S/C30H30ClN3O4/c1-3-38-30(37)28-20(2)34(27(35)18-26(28)23-7-6-8-24(31)17-23)19-21-10-12-22(13-11-21)29(36)33-16-14-25-9-4-5-15-32-25/h4-13,15,17,26H,3,14,16,18-19H2,1-2H3,(H,33,36). The van der Waals surface area contributed by atoms with Gasteiger partial charge in [-0.1, -0.05) is 41.9 Å². The Morgan fingerprint density at radius 2 is 1.89 bits per heavy atom. The number of carbonyl (C=O) groups is 3. The van der Waals surface area contributed by atoms with E-state index in [2.05, 4.69) is 10.3 Å². The first-order valence-corrected chi connectivity index (χ1v) is 13.0. The molecule has 8 heteroatoms. The minimum absolute atomic E-state index is 0.100. The molecule has 4 rings (SSSR count). The number of ether oxygens (including phenoxy) is 1. The van der Waals surface area contributed by atoms with Crippen LogP contribution in [0.2, 0.25) is 5.02 Å². The molecule has 196 valence electrons. The summed E-state index contributed by atoms with van der Waals surface area (Å²) in [6, 6.07) is 20.0. The molecule has 0 spiro atoms. The van der Waals surface area contributed by atoms with Crippen LogP contribution in [0.25, 0.3) is 0 Å². The van der Waals surface area contributed by atoms with Crippen molar-refractivity contribution >= 4 is 29.4 Å². The minimum atomic E-state index is -0.440. The van der Waals surface area contributed by atoms with Crippen molar-refractivity contribution in [1.29, 1.82) is 0 Å². The molecule has 1 atom stereocenters. The van der Waals surface area contributed by atoms with Gasteiger partial charge in [-0.2, -0.15) is 0 Å². The van der Waals surface area contributed by atoms with Crippen LogP contribution in [0.15, 0.2) is 84.2 Å². The number of halogens is 1. The fourth-order valence-electron chi connectivity index (χ4n) is 4.58. The van der Waals surface area contributed by atoms with Gasteiger partial charge in [0.15, 0.2) is 0 Å². The van der Waals surface area contributed by atoms with Crippen LogP contribution in [0.1, 0.15) is 53.4 Å². The van der Waals surface area contributed by atoms with Crippen LogP contribution in [0.3, 0.4) is 0 Å². The molecule has 2 amide bonds.